The molecule has 5 heteroatoms. The fourth-order valence-electron chi connectivity index (χ4n) is 3.67. The van der Waals surface area contributed by atoms with Crippen LogP contribution in [-0.4, -0.2) is 35.0 Å². The Balaban J connectivity index is 1.59. The number of nitrogens with zero attached hydrogens (tertiary/aromatic N) is 4. The second-order valence-electron chi connectivity index (χ2n) is 6.40. The molecule has 0 saturated carbocycles. The third kappa shape index (κ3) is 2.60. The molecule has 24 heavy (non-hydrogen) atoms. The van der Waals surface area contributed by atoms with Crippen LogP contribution in [-0.2, 0) is 7.05 Å². The molecular formula is C19H22N4O. The van der Waals surface area contributed by atoms with Gasteiger partial charge in [0.1, 0.15) is 11.6 Å². The number of hydrogen-bond donors (Lipinski definition) is 0. The van der Waals surface area contributed by atoms with Crippen LogP contribution in [0.4, 0.5) is 5.82 Å². The maximum Gasteiger partial charge on any atom is 0.136 e. The number of rotatable bonds is 3. The molecular weight excluding hydrogens is 300 g/mol. The van der Waals surface area contributed by atoms with Gasteiger partial charge in [0.25, 0.3) is 0 Å². The van der Waals surface area contributed by atoms with E-state index in [9.17, 15) is 0 Å². The Morgan fingerprint density at radius 3 is 2.67 bits per heavy atom. The van der Waals surface area contributed by atoms with Crippen molar-refractivity contribution in [2.75, 3.05) is 25.1 Å². The molecule has 1 fully saturated rings. The summed E-state index contributed by atoms with van der Waals surface area (Å²) in [6.45, 7) is 2.03. The molecule has 1 aliphatic heterocycles. The van der Waals surface area contributed by atoms with E-state index in [1.165, 1.54) is 5.56 Å². The SMILES string of the molecule is COc1cccc2c(N3CCC(c4cnn(C)c4)CC3)nccc12. The number of piperidine rings is 1. The van der Waals surface area contributed by atoms with Crippen LogP contribution in [0.5, 0.6) is 5.75 Å². The van der Waals surface area contributed by atoms with Crippen molar-refractivity contribution < 1.29 is 4.74 Å². The molecule has 0 aliphatic carbocycles. The van der Waals surface area contributed by atoms with E-state index in [-0.39, 0.29) is 0 Å². The highest BCUT2D eigenvalue weighted by Crippen LogP contribution is 2.34. The van der Waals surface area contributed by atoms with Crippen LogP contribution in [0, 0.1) is 0 Å². The van der Waals surface area contributed by atoms with Crippen molar-refractivity contribution >= 4 is 16.6 Å². The quantitative estimate of drug-likeness (QED) is 0.741. The van der Waals surface area contributed by atoms with Crippen molar-refractivity contribution in [1.82, 2.24) is 14.8 Å². The summed E-state index contributed by atoms with van der Waals surface area (Å²) in [7, 11) is 3.69. The lowest BCUT2D eigenvalue weighted by Crippen LogP contribution is -2.33. The van der Waals surface area contributed by atoms with Crippen molar-refractivity contribution in [1.29, 1.82) is 0 Å². The summed E-state index contributed by atoms with van der Waals surface area (Å²) in [4.78, 5) is 7.06. The minimum atomic E-state index is 0.597. The highest BCUT2D eigenvalue weighted by atomic mass is 16.5. The Bertz CT molecular complexity index is 849. The number of ether oxygens (including phenoxy) is 1. The zero-order valence-electron chi connectivity index (χ0n) is 14.1. The predicted octanol–water partition coefficient (Wildman–Crippen LogP) is 3.36. The Morgan fingerprint density at radius 1 is 1.12 bits per heavy atom. The van der Waals surface area contributed by atoms with Gasteiger partial charge in [-0.15, -0.1) is 0 Å². The van der Waals surface area contributed by atoms with Gasteiger partial charge in [-0.05, 0) is 36.5 Å². The average molecular weight is 322 g/mol. The summed E-state index contributed by atoms with van der Waals surface area (Å²) < 4.78 is 7.38. The highest BCUT2D eigenvalue weighted by molar-refractivity contribution is 5.96. The van der Waals surface area contributed by atoms with Gasteiger partial charge in [0.15, 0.2) is 0 Å². The number of fused-ring (bicyclic) bond motifs is 1. The lowest BCUT2D eigenvalue weighted by molar-refractivity contribution is 0.420. The van der Waals surface area contributed by atoms with Crippen molar-refractivity contribution in [2.24, 2.45) is 7.05 Å². The highest BCUT2D eigenvalue weighted by Gasteiger charge is 2.23. The second-order valence-corrected chi connectivity index (χ2v) is 6.40. The first-order valence-electron chi connectivity index (χ1n) is 8.41. The molecule has 0 unspecified atom stereocenters. The second kappa shape index (κ2) is 6.15. The number of aryl methyl sites for hydroxylation is 1. The predicted molar refractivity (Wildman–Crippen MR) is 95.7 cm³/mol. The summed E-state index contributed by atoms with van der Waals surface area (Å²) in [6.07, 6.45) is 8.29. The molecule has 0 radical (unpaired) electrons. The number of aromatic nitrogens is 3. The van der Waals surface area contributed by atoms with Crippen LogP contribution in [0.2, 0.25) is 0 Å². The standard InChI is InChI=1S/C19H22N4O/c1-22-13-15(12-21-22)14-7-10-23(11-8-14)19-17-4-3-5-18(24-2)16(17)6-9-20-19/h3-6,9,12-14H,7-8,10-11H2,1-2H3. The minimum absolute atomic E-state index is 0.597. The van der Waals surface area contributed by atoms with Gasteiger partial charge < -0.3 is 9.64 Å². The molecule has 0 spiro atoms. The zero-order valence-corrected chi connectivity index (χ0v) is 14.1. The summed E-state index contributed by atoms with van der Waals surface area (Å²) in [5, 5.41) is 6.59. The van der Waals surface area contributed by atoms with Crippen molar-refractivity contribution in [2.45, 2.75) is 18.8 Å². The van der Waals surface area contributed by atoms with E-state index in [4.69, 9.17) is 4.74 Å². The van der Waals surface area contributed by atoms with Gasteiger partial charge in [-0.1, -0.05) is 12.1 Å². The average Bonchev–Trinajstić information content (AvgIpc) is 3.07. The number of benzene rings is 1. The maximum atomic E-state index is 5.49. The van der Waals surface area contributed by atoms with E-state index in [1.54, 1.807) is 7.11 Å². The van der Waals surface area contributed by atoms with Gasteiger partial charge >= 0.3 is 0 Å². The van der Waals surface area contributed by atoms with Crippen molar-refractivity contribution in [3.8, 4) is 5.75 Å². The monoisotopic (exact) mass is 322 g/mol. The first kappa shape index (κ1) is 15.0. The lowest BCUT2D eigenvalue weighted by atomic mass is 9.91. The van der Waals surface area contributed by atoms with Crippen LogP contribution in [0.1, 0.15) is 24.3 Å². The van der Waals surface area contributed by atoms with E-state index in [0.717, 1.165) is 48.3 Å². The van der Waals surface area contributed by atoms with Crippen LogP contribution < -0.4 is 9.64 Å². The van der Waals surface area contributed by atoms with Crippen LogP contribution >= 0.6 is 0 Å². The Morgan fingerprint density at radius 2 is 1.96 bits per heavy atom. The zero-order chi connectivity index (χ0) is 16.5. The van der Waals surface area contributed by atoms with Gasteiger partial charge in [0.05, 0.1) is 13.3 Å². The molecule has 4 rings (SSSR count). The smallest absolute Gasteiger partial charge is 0.136 e. The van der Waals surface area contributed by atoms with E-state index >= 15 is 0 Å². The van der Waals surface area contributed by atoms with Gasteiger partial charge in [-0.25, -0.2) is 4.98 Å². The first-order chi connectivity index (χ1) is 11.8. The summed E-state index contributed by atoms with van der Waals surface area (Å²) in [5.74, 6) is 2.57. The Labute approximate surface area is 141 Å². The van der Waals surface area contributed by atoms with Gasteiger partial charge in [-0.3, -0.25) is 4.68 Å². The minimum Gasteiger partial charge on any atom is -0.496 e. The molecule has 3 heterocycles. The topological polar surface area (TPSA) is 43.2 Å². The summed E-state index contributed by atoms with van der Waals surface area (Å²) in [5.41, 5.74) is 1.35. The number of anilines is 1. The van der Waals surface area contributed by atoms with Crippen molar-refractivity contribution in [3.05, 3.63) is 48.4 Å². The molecule has 3 aromatic rings. The molecule has 124 valence electrons. The van der Waals surface area contributed by atoms with Crippen LogP contribution in [0.3, 0.4) is 0 Å². The molecule has 0 amide bonds. The van der Waals surface area contributed by atoms with Crippen LogP contribution in [0.15, 0.2) is 42.9 Å². The molecule has 1 aliphatic rings. The first-order valence-corrected chi connectivity index (χ1v) is 8.41. The fraction of sp³-hybridized carbons (Fsp3) is 0.368. The molecule has 0 N–H and O–H groups in total. The van der Waals surface area contributed by atoms with Gasteiger partial charge in [-0.2, -0.15) is 5.10 Å². The molecule has 2 aromatic heterocycles. The number of hydrogen-bond acceptors (Lipinski definition) is 4. The largest absolute Gasteiger partial charge is 0.496 e. The summed E-state index contributed by atoms with van der Waals surface area (Å²) in [6, 6.07) is 8.20. The molecule has 1 aromatic carbocycles. The third-order valence-corrected chi connectivity index (χ3v) is 4.96. The van der Waals surface area contributed by atoms with E-state index in [1.807, 2.05) is 42.3 Å². The van der Waals surface area contributed by atoms with E-state index < -0.39 is 0 Å². The maximum absolute atomic E-state index is 5.49. The van der Waals surface area contributed by atoms with E-state index in [0.29, 0.717) is 5.92 Å². The lowest BCUT2D eigenvalue weighted by Gasteiger charge is -2.33. The van der Waals surface area contributed by atoms with Gasteiger partial charge in [0.2, 0.25) is 0 Å². The van der Waals surface area contributed by atoms with E-state index in [2.05, 4.69) is 27.2 Å². The fourth-order valence-corrected chi connectivity index (χ4v) is 3.67. The Kier molecular flexibility index (Phi) is 3.84. The number of methoxy groups -OCH3 is 1. The third-order valence-electron chi connectivity index (χ3n) is 4.96. The molecule has 0 atom stereocenters. The molecule has 5 nitrogen and oxygen atoms in total. The Hall–Kier alpha value is -2.56. The summed E-state index contributed by atoms with van der Waals surface area (Å²) >= 11 is 0. The molecule has 1 saturated heterocycles. The van der Waals surface area contributed by atoms with Crippen LogP contribution in [0.25, 0.3) is 10.8 Å². The van der Waals surface area contributed by atoms with Crippen molar-refractivity contribution in [3.63, 3.8) is 0 Å². The number of pyridine rings is 1. The van der Waals surface area contributed by atoms with Gasteiger partial charge in [0, 0.05) is 43.3 Å². The normalized spacial score (nSPS) is 15.8. The molecule has 0 bridgehead atoms.